The van der Waals surface area contributed by atoms with Gasteiger partial charge >= 0.3 is 0 Å². The van der Waals surface area contributed by atoms with Crippen molar-refractivity contribution in [1.82, 2.24) is 4.90 Å². The summed E-state index contributed by atoms with van der Waals surface area (Å²) in [7, 11) is 0. The number of benzene rings is 2. The molecule has 1 heterocycles. The van der Waals surface area contributed by atoms with Crippen LogP contribution in [0, 0.1) is 10.1 Å². The lowest BCUT2D eigenvalue weighted by atomic mass is 10.1. The Labute approximate surface area is 149 Å². The van der Waals surface area contributed by atoms with Crippen molar-refractivity contribution in [2.75, 3.05) is 31.1 Å². The lowest BCUT2D eigenvalue weighted by Gasteiger charge is -2.36. The summed E-state index contributed by atoms with van der Waals surface area (Å²) in [5.74, 6) is -0.0764. The van der Waals surface area contributed by atoms with Crippen LogP contribution in [0.25, 0.3) is 0 Å². The van der Waals surface area contributed by atoms with Gasteiger partial charge in [-0.1, -0.05) is 17.7 Å². The van der Waals surface area contributed by atoms with Crippen molar-refractivity contribution in [2.45, 2.75) is 0 Å². The van der Waals surface area contributed by atoms with E-state index in [1.165, 1.54) is 24.3 Å². The number of nitro groups is 1. The fourth-order valence-electron chi connectivity index (χ4n) is 2.84. The Morgan fingerprint density at radius 3 is 2.44 bits per heavy atom. The third-order valence-electron chi connectivity index (χ3n) is 4.14. The van der Waals surface area contributed by atoms with E-state index in [2.05, 4.69) is 0 Å². The summed E-state index contributed by atoms with van der Waals surface area (Å²) in [6.45, 7) is 2.15. The van der Waals surface area contributed by atoms with Crippen LogP contribution in [-0.2, 0) is 0 Å². The van der Waals surface area contributed by atoms with Crippen LogP contribution in [0.2, 0.25) is 5.02 Å². The van der Waals surface area contributed by atoms with Gasteiger partial charge in [-0.15, -0.1) is 0 Å². The molecule has 25 heavy (non-hydrogen) atoms. The highest BCUT2D eigenvalue weighted by Crippen LogP contribution is 2.30. The molecule has 0 aromatic heterocycles. The van der Waals surface area contributed by atoms with Crippen LogP contribution < -0.4 is 4.90 Å². The van der Waals surface area contributed by atoms with Gasteiger partial charge in [-0.2, -0.15) is 0 Å². The first-order valence-electron chi connectivity index (χ1n) is 7.73. The predicted octanol–water partition coefficient (Wildman–Crippen LogP) is 2.92. The number of hydrogen-bond donors (Lipinski definition) is 1. The number of phenols is 1. The first-order chi connectivity index (χ1) is 12.0. The fraction of sp³-hybridized carbons (Fsp3) is 0.235. The molecule has 1 saturated heterocycles. The Hall–Kier alpha value is -2.80. The standard InChI is InChI=1S/C17H16ClN3O4/c18-15-11-13(21(24)25)4-5-16(15)19-6-8-20(9-7-19)17(23)12-2-1-3-14(22)10-12/h1-5,10-11,22H,6-9H2. The van der Waals surface area contributed by atoms with Crippen LogP contribution in [-0.4, -0.2) is 47.0 Å². The van der Waals surface area contributed by atoms with E-state index in [4.69, 9.17) is 11.6 Å². The van der Waals surface area contributed by atoms with Gasteiger partial charge in [0.25, 0.3) is 11.6 Å². The summed E-state index contributed by atoms with van der Waals surface area (Å²) in [5, 5.41) is 20.6. The second-order valence-corrected chi connectivity index (χ2v) is 6.13. The molecule has 0 radical (unpaired) electrons. The lowest BCUT2D eigenvalue weighted by molar-refractivity contribution is -0.384. The molecule has 0 spiro atoms. The van der Waals surface area contributed by atoms with Gasteiger partial charge in [-0.05, 0) is 24.3 Å². The minimum Gasteiger partial charge on any atom is -0.508 e. The average Bonchev–Trinajstić information content (AvgIpc) is 2.61. The molecule has 130 valence electrons. The van der Waals surface area contributed by atoms with Crippen LogP contribution in [0.15, 0.2) is 42.5 Å². The maximum atomic E-state index is 12.5. The quantitative estimate of drug-likeness (QED) is 0.671. The number of phenolic OH excluding ortho intramolecular Hbond substituents is 1. The van der Waals surface area contributed by atoms with Gasteiger partial charge in [0.1, 0.15) is 5.75 Å². The number of anilines is 1. The highest BCUT2D eigenvalue weighted by atomic mass is 35.5. The largest absolute Gasteiger partial charge is 0.508 e. The third-order valence-corrected chi connectivity index (χ3v) is 4.45. The molecule has 2 aromatic rings. The van der Waals surface area contributed by atoms with Crippen molar-refractivity contribution in [3.05, 3.63) is 63.2 Å². The Kier molecular flexibility index (Phi) is 4.76. The van der Waals surface area contributed by atoms with Crippen LogP contribution in [0.4, 0.5) is 11.4 Å². The van der Waals surface area contributed by atoms with Crippen molar-refractivity contribution < 1.29 is 14.8 Å². The van der Waals surface area contributed by atoms with Crippen LogP contribution in [0.3, 0.4) is 0 Å². The second kappa shape index (κ2) is 6.98. The minimum absolute atomic E-state index is 0.0496. The van der Waals surface area contributed by atoms with E-state index in [0.29, 0.717) is 36.8 Å². The zero-order valence-corrected chi connectivity index (χ0v) is 14.0. The highest BCUT2D eigenvalue weighted by molar-refractivity contribution is 6.33. The van der Waals surface area contributed by atoms with Gasteiger partial charge in [0, 0.05) is 43.9 Å². The number of nitrogens with zero attached hydrogens (tertiary/aromatic N) is 3. The molecule has 7 nitrogen and oxygen atoms in total. The van der Waals surface area contributed by atoms with Gasteiger partial charge < -0.3 is 14.9 Å². The van der Waals surface area contributed by atoms with Gasteiger partial charge in [0.15, 0.2) is 0 Å². The zero-order valence-electron chi connectivity index (χ0n) is 13.3. The molecule has 0 atom stereocenters. The molecule has 0 bridgehead atoms. The van der Waals surface area contributed by atoms with E-state index in [9.17, 15) is 20.0 Å². The molecule has 1 aliphatic rings. The van der Waals surface area contributed by atoms with Crippen molar-refractivity contribution in [1.29, 1.82) is 0 Å². The summed E-state index contributed by atoms with van der Waals surface area (Å²) in [6.07, 6.45) is 0. The third kappa shape index (κ3) is 3.66. The smallest absolute Gasteiger partial charge is 0.271 e. The minimum atomic E-state index is -0.485. The van der Waals surface area contributed by atoms with E-state index in [-0.39, 0.29) is 17.3 Å². The number of rotatable bonds is 3. The SMILES string of the molecule is O=C(c1cccc(O)c1)N1CCN(c2ccc([N+](=O)[O-])cc2Cl)CC1. The van der Waals surface area contributed by atoms with Crippen molar-refractivity contribution in [3.8, 4) is 5.75 Å². The molecule has 0 unspecified atom stereocenters. The number of piperazine rings is 1. The number of non-ortho nitro benzene ring substituents is 1. The van der Waals surface area contributed by atoms with Crippen molar-refractivity contribution >= 4 is 28.9 Å². The summed E-state index contributed by atoms with van der Waals surface area (Å²) < 4.78 is 0. The summed E-state index contributed by atoms with van der Waals surface area (Å²) >= 11 is 6.16. The molecule has 3 rings (SSSR count). The Bertz CT molecular complexity index is 819. The molecular formula is C17H16ClN3O4. The van der Waals surface area contributed by atoms with E-state index in [1.54, 1.807) is 23.1 Å². The van der Waals surface area contributed by atoms with Gasteiger partial charge in [-0.25, -0.2) is 0 Å². The maximum absolute atomic E-state index is 12.5. The number of halogens is 1. The molecular weight excluding hydrogens is 346 g/mol. The number of carbonyl (C=O) groups is 1. The van der Waals surface area contributed by atoms with Crippen LogP contribution >= 0.6 is 11.6 Å². The van der Waals surface area contributed by atoms with Crippen molar-refractivity contribution in [3.63, 3.8) is 0 Å². The number of hydrogen-bond acceptors (Lipinski definition) is 5. The molecule has 0 saturated carbocycles. The zero-order chi connectivity index (χ0) is 18.0. The van der Waals surface area contributed by atoms with E-state index >= 15 is 0 Å². The first-order valence-corrected chi connectivity index (χ1v) is 8.10. The van der Waals surface area contributed by atoms with Crippen molar-refractivity contribution in [2.24, 2.45) is 0 Å². The predicted molar refractivity (Wildman–Crippen MR) is 94.3 cm³/mol. The Balaban J connectivity index is 1.68. The Morgan fingerprint density at radius 2 is 1.84 bits per heavy atom. The first kappa shape index (κ1) is 17.0. The number of amides is 1. The lowest BCUT2D eigenvalue weighted by Crippen LogP contribution is -2.48. The van der Waals surface area contributed by atoms with Gasteiger partial charge in [0.2, 0.25) is 0 Å². The molecule has 8 heteroatoms. The van der Waals surface area contributed by atoms with E-state index in [1.807, 2.05) is 4.90 Å². The monoisotopic (exact) mass is 361 g/mol. The van der Waals surface area contributed by atoms with E-state index < -0.39 is 4.92 Å². The maximum Gasteiger partial charge on any atom is 0.271 e. The van der Waals surface area contributed by atoms with Gasteiger partial charge in [0.05, 0.1) is 15.6 Å². The number of aromatic hydroxyl groups is 1. The van der Waals surface area contributed by atoms with Gasteiger partial charge in [-0.3, -0.25) is 14.9 Å². The van der Waals surface area contributed by atoms with Crippen LogP contribution in [0.1, 0.15) is 10.4 Å². The Morgan fingerprint density at radius 1 is 1.12 bits per heavy atom. The van der Waals surface area contributed by atoms with Crippen LogP contribution in [0.5, 0.6) is 5.75 Å². The molecule has 1 aliphatic heterocycles. The topological polar surface area (TPSA) is 86.9 Å². The molecule has 1 amide bonds. The molecule has 0 aliphatic carbocycles. The molecule has 1 N–H and O–H groups in total. The highest BCUT2D eigenvalue weighted by Gasteiger charge is 2.24. The average molecular weight is 362 g/mol. The molecule has 2 aromatic carbocycles. The van der Waals surface area contributed by atoms with E-state index in [0.717, 1.165) is 5.69 Å². The summed E-state index contributed by atoms with van der Waals surface area (Å²) in [5.41, 5.74) is 1.12. The fourth-order valence-corrected chi connectivity index (χ4v) is 3.13. The number of nitro benzene ring substituents is 1. The second-order valence-electron chi connectivity index (χ2n) is 5.72. The normalized spacial score (nSPS) is 14.4. The summed E-state index contributed by atoms with van der Waals surface area (Å²) in [6, 6.07) is 10.7. The molecule has 1 fully saturated rings. The summed E-state index contributed by atoms with van der Waals surface area (Å²) in [4.78, 5) is 26.5. The number of carbonyl (C=O) groups excluding carboxylic acids is 1.